The molecule has 0 unspecified atom stereocenters. The van der Waals surface area contributed by atoms with Gasteiger partial charge >= 0.3 is 12.0 Å². The monoisotopic (exact) mass is 392 g/mol. The Balaban J connectivity index is 2.41. The molecule has 2 amide bonds. The number of allylic oxidation sites excluding steroid dienone is 1. The third-order valence-corrected chi connectivity index (χ3v) is 4.49. The number of ether oxygens (including phenoxy) is 4. The normalized spacial score (nSPS) is 16.2. The van der Waals surface area contributed by atoms with Crippen LogP contribution in [0.3, 0.4) is 0 Å². The van der Waals surface area contributed by atoms with Crippen molar-refractivity contribution in [3.63, 3.8) is 0 Å². The lowest BCUT2D eigenvalue weighted by Crippen LogP contribution is -2.45. The number of urea groups is 1. The molecule has 1 atom stereocenters. The first-order chi connectivity index (χ1) is 13.5. The molecule has 2 N–H and O–H groups in total. The van der Waals surface area contributed by atoms with Crippen molar-refractivity contribution in [2.24, 2.45) is 0 Å². The number of carbonyl (C=O) groups is 2. The largest absolute Gasteiger partial charge is 0.493 e. The second-order valence-electron chi connectivity index (χ2n) is 6.37. The fraction of sp³-hybridized carbons (Fsp3) is 0.500. The molecule has 0 aromatic heterocycles. The third kappa shape index (κ3) is 4.68. The van der Waals surface area contributed by atoms with Crippen molar-refractivity contribution < 1.29 is 28.5 Å². The molecule has 2 rings (SSSR count). The Morgan fingerprint density at radius 1 is 1.07 bits per heavy atom. The molecule has 0 spiro atoms. The van der Waals surface area contributed by atoms with Gasteiger partial charge in [-0.05, 0) is 31.0 Å². The predicted molar refractivity (Wildman–Crippen MR) is 104 cm³/mol. The van der Waals surface area contributed by atoms with E-state index in [0.29, 0.717) is 40.7 Å². The van der Waals surface area contributed by atoms with Gasteiger partial charge in [0.15, 0.2) is 11.5 Å². The second kappa shape index (κ2) is 9.87. The van der Waals surface area contributed by atoms with Gasteiger partial charge in [0.1, 0.15) is 0 Å². The van der Waals surface area contributed by atoms with Crippen LogP contribution in [0.15, 0.2) is 23.4 Å². The van der Waals surface area contributed by atoms with Gasteiger partial charge in [-0.2, -0.15) is 0 Å². The summed E-state index contributed by atoms with van der Waals surface area (Å²) in [7, 11) is 4.52. The lowest BCUT2D eigenvalue weighted by atomic mass is 9.95. The quantitative estimate of drug-likeness (QED) is 0.495. The number of hydrogen-bond donors (Lipinski definition) is 2. The van der Waals surface area contributed by atoms with Crippen molar-refractivity contribution in [1.29, 1.82) is 0 Å². The summed E-state index contributed by atoms with van der Waals surface area (Å²) in [5.41, 5.74) is 1.40. The van der Waals surface area contributed by atoms with E-state index in [4.69, 9.17) is 18.9 Å². The minimum atomic E-state index is -0.707. The highest BCUT2D eigenvalue weighted by molar-refractivity contribution is 5.95. The first-order valence-electron chi connectivity index (χ1n) is 9.22. The maximum absolute atomic E-state index is 12.7. The van der Waals surface area contributed by atoms with E-state index in [9.17, 15) is 9.59 Å². The fourth-order valence-corrected chi connectivity index (χ4v) is 3.08. The van der Waals surface area contributed by atoms with Gasteiger partial charge in [0.25, 0.3) is 0 Å². The molecule has 1 aliphatic heterocycles. The summed E-state index contributed by atoms with van der Waals surface area (Å²) in [5.74, 6) is 0.814. The molecule has 1 heterocycles. The Bertz CT molecular complexity index is 734. The maximum atomic E-state index is 12.7. The smallest absolute Gasteiger partial charge is 0.338 e. The second-order valence-corrected chi connectivity index (χ2v) is 6.37. The Kier molecular flexibility index (Phi) is 7.54. The first kappa shape index (κ1) is 21.4. The SMILES string of the molecule is CCCCCOC(=O)C1=C(C)NC(=O)N[C@@H]1c1cc(OC)c(OC)c(OC)c1. The zero-order chi connectivity index (χ0) is 20.7. The van der Waals surface area contributed by atoms with Gasteiger partial charge in [0, 0.05) is 5.70 Å². The van der Waals surface area contributed by atoms with Gasteiger partial charge in [-0.25, -0.2) is 9.59 Å². The average Bonchev–Trinajstić information content (AvgIpc) is 2.69. The molecule has 1 aromatic rings. The van der Waals surface area contributed by atoms with E-state index < -0.39 is 18.0 Å². The number of carbonyl (C=O) groups excluding carboxylic acids is 2. The summed E-state index contributed by atoms with van der Waals surface area (Å²) in [6.07, 6.45) is 2.81. The lowest BCUT2D eigenvalue weighted by Gasteiger charge is -2.29. The number of rotatable bonds is 9. The molecule has 1 aliphatic rings. The van der Waals surface area contributed by atoms with Gasteiger partial charge in [-0.3, -0.25) is 0 Å². The molecule has 0 radical (unpaired) electrons. The van der Waals surface area contributed by atoms with Crippen LogP contribution in [-0.2, 0) is 9.53 Å². The standard InChI is InChI=1S/C20H28N2O6/c1-6-7-8-9-28-19(23)16-12(2)21-20(24)22-17(16)13-10-14(25-3)18(27-5)15(11-13)26-4/h10-11,17H,6-9H2,1-5H3,(H2,21,22,24)/t17-/m1/s1. The molecule has 0 saturated heterocycles. The van der Waals surface area contributed by atoms with E-state index in [1.807, 2.05) is 0 Å². The summed E-state index contributed by atoms with van der Waals surface area (Å²) >= 11 is 0. The van der Waals surface area contributed by atoms with E-state index in [-0.39, 0.29) is 0 Å². The van der Waals surface area contributed by atoms with Crippen molar-refractivity contribution in [3.05, 3.63) is 29.0 Å². The van der Waals surface area contributed by atoms with Gasteiger partial charge in [-0.15, -0.1) is 0 Å². The highest BCUT2D eigenvalue weighted by atomic mass is 16.5. The lowest BCUT2D eigenvalue weighted by molar-refractivity contribution is -0.139. The summed E-state index contributed by atoms with van der Waals surface area (Å²) in [6, 6.07) is 2.30. The van der Waals surface area contributed by atoms with E-state index >= 15 is 0 Å². The molecule has 0 bridgehead atoms. The molecule has 8 nitrogen and oxygen atoms in total. The zero-order valence-electron chi connectivity index (χ0n) is 17.0. The van der Waals surface area contributed by atoms with Crippen LogP contribution in [0, 0.1) is 0 Å². The average molecular weight is 392 g/mol. The molecule has 0 fully saturated rings. The van der Waals surface area contributed by atoms with E-state index in [1.165, 1.54) is 21.3 Å². The maximum Gasteiger partial charge on any atom is 0.338 e. The molecular formula is C20H28N2O6. The number of benzene rings is 1. The third-order valence-electron chi connectivity index (χ3n) is 4.49. The Hall–Kier alpha value is -2.90. The van der Waals surface area contributed by atoms with Crippen LogP contribution >= 0.6 is 0 Å². The molecule has 154 valence electrons. The number of amides is 2. The minimum Gasteiger partial charge on any atom is -0.493 e. The van der Waals surface area contributed by atoms with Crippen LogP contribution in [0.25, 0.3) is 0 Å². The van der Waals surface area contributed by atoms with Crippen LogP contribution < -0.4 is 24.8 Å². The highest BCUT2D eigenvalue weighted by Gasteiger charge is 2.33. The van der Waals surface area contributed by atoms with Crippen molar-refractivity contribution in [2.75, 3.05) is 27.9 Å². The van der Waals surface area contributed by atoms with Crippen LogP contribution in [0.5, 0.6) is 17.2 Å². The van der Waals surface area contributed by atoms with E-state index in [2.05, 4.69) is 17.6 Å². The van der Waals surface area contributed by atoms with Gasteiger partial charge in [-0.1, -0.05) is 19.8 Å². The van der Waals surface area contributed by atoms with Crippen LogP contribution in [-0.4, -0.2) is 39.9 Å². The predicted octanol–water partition coefficient (Wildman–Crippen LogP) is 3.07. The zero-order valence-corrected chi connectivity index (χ0v) is 17.0. The number of methoxy groups -OCH3 is 3. The highest BCUT2D eigenvalue weighted by Crippen LogP contribution is 2.41. The van der Waals surface area contributed by atoms with Gasteiger partial charge < -0.3 is 29.6 Å². The number of hydrogen-bond acceptors (Lipinski definition) is 6. The molecule has 0 saturated carbocycles. The van der Waals surface area contributed by atoms with Crippen LogP contribution in [0.2, 0.25) is 0 Å². The first-order valence-corrected chi connectivity index (χ1v) is 9.22. The molecule has 8 heteroatoms. The number of unbranched alkanes of at least 4 members (excludes halogenated alkanes) is 2. The summed E-state index contributed by atoms with van der Waals surface area (Å²) < 4.78 is 21.5. The molecule has 28 heavy (non-hydrogen) atoms. The summed E-state index contributed by atoms with van der Waals surface area (Å²) in [6.45, 7) is 4.08. The van der Waals surface area contributed by atoms with E-state index in [0.717, 1.165) is 19.3 Å². The van der Waals surface area contributed by atoms with E-state index in [1.54, 1.807) is 19.1 Å². The Labute approximate surface area is 165 Å². The Morgan fingerprint density at radius 3 is 2.25 bits per heavy atom. The molecular weight excluding hydrogens is 364 g/mol. The topological polar surface area (TPSA) is 95.1 Å². The summed E-state index contributed by atoms with van der Waals surface area (Å²) in [4.78, 5) is 24.8. The number of esters is 1. The van der Waals surface area contributed by atoms with Gasteiger partial charge in [0.05, 0.1) is 39.6 Å². The van der Waals surface area contributed by atoms with Crippen LogP contribution in [0.4, 0.5) is 4.79 Å². The van der Waals surface area contributed by atoms with Crippen LogP contribution in [0.1, 0.15) is 44.7 Å². The molecule has 1 aromatic carbocycles. The fourth-order valence-electron chi connectivity index (χ4n) is 3.08. The van der Waals surface area contributed by atoms with Crippen molar-refractivity contribution >= 4 is 12.0 Å². The molecule has 0 aliphatic carbocycles. The Morgan fingerprint density at radius 2 is 1.71 bits per heavy atom. The van der Waals surface area contributed by atoms with Crippen molar-refractivity contribution in [1.82, 2.24) is 10.6 Å². The van der Waals surface area contributed by atoms with Crippen molar-refractivity contribution in [3.8, 4) is 17.2 Å². The van der Waals surface area contributed by atoms with Crippen molar-refractivity contribution in [2.45, 2.75) is 39.2 Å². The number of nitrogens with one attached hydrogen (secondary N) is 2. The minimum absolute atomic E-state index is 0.333. The summed E-state index contributed by atoms with van der Waals surface area (Å²) in [5, 5.41) is 5.41. The van der Waals surface area contributed by atoms with Gasteiger partial charge in [0.2, 0.25) is 5.75 Å².